The molecular weight excluding hydrogens is 260 g/mol. The first-order valence-corrected chi connectivity index (χ1v) is 9.35. The van der Waals surface area contributed by atoms with Crippen molar-refractivity contribution >= 4 is 0 Å². The van der Waals surface area contributed by atoms with Crippen LogP contribution in [0.5, 0.6) is 0 Å². The SMILES string of the molecule is CC1(C2CC2)CN(C2CCOC2)C(C2CCCCC2)CN1. The van der Waals surface area contributed by atoms with Crippen molar-refractivity contribution in [3.8, 4) is 0 Å². The molecule has 2 saturated carbocycles. The van der Waals surface area contributed by atoms with Gasteiger partial charge in [-0.25, -0.2) is 0 Å². The summed E-state index contributed by atoms with van der Waals surface area (Å²) in [6.45, 7) is 6.90. The highest BCUT2D eigenvalue weighted by Crippen LogP contribution is 2.43. The largest absolute Gasteiger partial charge is 0.380 e. The standard InChI is InChI=1S/C18H32N2O/c1-18(15-7-8-15)13-20(16-9-10-21-12-16)17(11-19-18)14-5-3-2-4-6-14/h14-17,19H,2-13H2,1H3. The summed E-state index contributed by atoms with van der Waals surface area (Å²) < 4.78 is 5.73. The molecule has 2 aliphatic carbocycles. The van der Waals surface area contributed by atoms with Crippen LogP contribution in [0.1, 0.15) is 58.3 Å². The van der Waals surface area contributed by atoms with E-state index in [0.717, 1.165) is 31.1 Å². The highest BCUT2D eigenvalue weighted by Gasteiger charge is 2.49. The Morgan fingerprint density at radius 3 is 2.52 bits per heavy atom. The van der Waals surface area contributed by atoms with Crippen molar-refractivity contribution in [2.24, 2.45) is 11.8 Å². The third kappa shape index (κ3) is 2.89. The predicted molar refractivity (Wildman–Crippen MR) is 85.4 cm³/mol. The second-order valence-electron chi connectivity index (χ2n) is 8.23. The summed E-state index contributed by atoms with van der Waals surface area (Å²) in [5.41, 5.74) is 0.369. The zero-order chi connectivity index (χ0) is 14.3. The van der Waals surface area contributed by atoms with Gasteiger partial charge in [0.1, 0.15) is 0 Å². The molecule has 3 unspecified atom stereocenters. The monoisotopic (exact) mass is 292 g/mol. The number of piperazine rings is 1. The molecule has 21 heavy (non-hydrogen) atoms. The van der Waals surface area contributed by atoms with Crippen molar-refractivity contribution in [1.82, 2.24) is 10.2 Å². The molecule has 0 aromatic carbocycles. The van der Waals surface area contributed by atoms with Gasteiger partial charge in [0.25, 0.3) is 0 Å². The maximum absolute atomic E-state index is 5.73. The van der Waals surface area contributed by atoms with Crippen LogP contribution in [0, 0.1) is 11.8 Å². The van der Waals surface area contributed by atoms with Crippen LogP contribution in [0.2, 0.25) is 0 Å². The lowest BCUT2D eigenvalue weighted by molar-refractivity contribution is 0.0000659. The van der Waals surface area contributed by atoms with Gasteiger partial charge in [-0.1, -0.05) is 19.3 Å². The van der Waals surface area contributed by atoms with Gasteiger partial charge in [-0.15, -0.1) is 0 Å². The molecule has 3 heteroatoms. The Morgan fingerprint density at radius 2 is 1.86 bits per heavy atom. The van der Waals surface area contributed by atoms with Crippen molar-refractivity contribution in [3.05, 3.63) is 0 Å². The van der Waals surface area contributed by atoms with Crippen LogP contribution >= 0.6 is 0 Å². The minimum atomic E-state index is 0.369. The lowest BCUT2D eigenvalue weighted by atomic mass is 9.79. The van der Waals surface area contributed by atoms with E-state index in [4.69, 9.17) is 4.74 Å². The minimum absolute atomic E-state index is 0.369. The van der Waals surface area contributed by atoms with Gasteiger partial charge in [-0.05, 0) is 50.9 Å². The van der Waals surface area contributed by atoms with Gasteiger partial charge in [-0.2, -0.15) is 0 Å². The van der Waals surface area contributed by atoms with Crippen LogP contribution < -0.4 is 5.32 Å². The molecular formula is C18H32N2O. The Labute approximate surface area is 129 Å². The quantitative estimate of drug-likeness (QED) is 0.865. The smallest absolute Gasteiger partial charge is 0.0622 e. The van der Waals surface area contributed by atoms with E-state index in [0.29, 0.717) is 11.6 Å². The molecule has 0 radical (unpaired) electrons. The predicted octanol–water partition coefficient (Wildman–Crippen LogP) is 2.80. The molecule has 0 amide bonds. The Bertz CT molecular complexity index is 358. The fourth-order valence-corrected chi connectivity index (χ4v) is 5.14. The van der Waals surface area contributed by atoms with Gasteiger partial charge in [0.05, 0.1) is 6.61 Å². The highest BCUT2D eigenvalue weighted by molar-refractivity contribution is 5.06. The number of hydrogen-bond donors (Lipinski definition) is 1. The van der Waals surface area contributed by atoms with Gasteiger partial charge in [0.15, 0.2) is 0 Å². The maximum atomic E-state index is 5.73. The third-order valence-corrected chi connectivity index (χ3v) is 6.70. The first-order chi connectivity index (χ1) is 10.3. The molecule has 0 aromatic heterocycles. The van der Waals surface area contributed by atoms with Gasteiger partial charge in [0, 0.05) is 37.3 Å². The molecule has 4 rings (SSSR count). The van der Waals surface area contributed by atoms with Crippen molar-refractivity contribution in [2.45, 2.75) is 75.9 Å². The second kappa shape index (κ2) is 5.82. The summed E-state index contributed by atoms with van der Waals surface area (Å²) in [6.07, 6.45) is 11.4. The van der Waals surface area contributed by atoms with Crippen LogP contribution in [0.25, 0.3) is 0 Å². The summed E-state index contributed by atoms with van der Waals surface area (Å²) >= 11 is 0. The van der Waals surface area contributed by atoms with Crippen LogP contribution in [0.15, 0.2) is 0 Å². The molecule has 4 fully saturated rings. The van der Waals surface area contributed by atoms with E-state index in [1.807, 2.05) is 0 Å². The maximum Gasteiger partial charge on any atom is 0.0622 e. The molecule has 0 aromatic rings. The molecule has 0 bridgehead atoms. The Morgan fingerprint density at radius 1 is 1.05 bits per heavy atom. The van der Waals surface area contributed by atoms with Crippen molar-refractivity contribution < 1.29 is 4.74 Å². The van der Waals surface area contributed by atoms with Crippen LogP contribution in [-0.4, -0.2) is 48.8 Å². The first kappa shape index (κ1) is 14.5. The molecule has 1 N–H and O–H groups in total. The lowest BCUT2D eigenvalue weighted by Crippen LogP contribution is -2.67. The zero-order valence-corrected chi connectivity index (χ0v) is 13.7. The van der Waals surface area contributed by atoms with Crippen molar-refractivity contribution in [3.63, 3.8) is 0 Å². The normalized spacial score (nSPS) is 43.3. The Hall–Kier alpha value is -0.120. The Balaban J connectivity index is 1.50. The number of hydrogen-bond acceptors (Lipinski definition) is 3. The third-order valence-electron chi connectivity index (χ3n) is 6.70. The van der Waals surface area contributed by atoms with E-state index in [1.54, 1.807) is 0 Å². The number of ether oxygens (including phenoxy) is 1. The molecule has 0 spiro atoms. The molecule has 4 aliphatic rings. The highest BCUT2D eigenvalue weighted by atomic mass is 16.5. The summed E-state index contributed by atoms with van der Waals surface area (Å²) in [5, 5.41) is 3.98. The van der Waals surface area contributed by atoms with Crippen molar-refractivity contribution in [2.75, 3.05) is 26.3 Å². The molecule has 2 aliphatic heterocycles. The second-order valence-corrected chi connectivity index (χ2v) is 8.23. The van der Waals surface area contributed by atoms with Gasteiger partial charge >= 0.3 is 0 Å². The number of nitrogens with zero attached hydrogens (tertiary/aromatic N) is 1. The summed E-state index contributed by atoms with van der Waals surface area (Å²) in [5.74, 6) is 1.85. The van der Waals surface area contributed by atoms with Gasteiger partial charge in [0.2, 0.25) is 0 Å². The zero-order valence-electron chi connectivity index (χ0n) is 13.7. The van der Waals surface area contributed by atoms with E-state index in [9.17, 15) is 0 Å². The molecule has 3 atom stereocenters. The lowest BCUT2D eigenvalue weighted by Gasteiger charge is -2.51. The van der Waals surface area contributed by atoms with E-state index < -0.39 is 0 Å². The topological polar surface area (TPSA) is 24.5 Å². The summed E-state index contributed by atoms with van der Waals surface area (Å²) in [4.78, 5) is 2.89. The molecule has 120 valence electrons. The number of rotatable bonds is 3. The van der Waals surface area contributed by atoms with Gasteiger partial charge < -0.3 is 10.1 Å². The number of nitrogens with one attached hydrogen (secondary N) is 1. The Kier molecular flexibility index (Phi) is 4.01. The minimum Gasteiger partial charge on any atom is -0.380 e. The fourth-order valence-electron chi connectivity index (χ4n) is 5.14. The van der Waals surface area contributed by atoms with Crippen molar-refractivity contribution in [1.29, 1.82) is 0 Å². The molecule has 3 nitrogen and oxygen atoms in total. The van der Waals surface area contributed by atoms with E-state index in [2.05, 4.69) is 17.1 Å². The average molecular weight is 292 g/mol. The molecule has 2 heterocycles. The van der Waals surface area contributed by atoms with Crippen LogP contribution in [0.3, 0.4) is 0 Å². The van der Waals surface area contributed by atoms with E-state index >= 15 is 0 Å². The van der Waals surface area contributed by atoms with Gasteiger partial charge in [-0.3, -0.25) is 4.90 Å². The van der Waals surface area contributed by atoms with Crippen LogP contribution in [-0.2, 0) is 4.74 Å². The first-order valence-electron chi connectivity index (χ1n) is 9.35. The average Bonchev–Trinajstić information content (AvgIpc) is 3.25. The fraction of sp³-hybridized carbons (Fsp3) is 1.00. The van der Waals surface area contributed by atoms with Crippen LogP contribution in [0.4, 0.5) is 0 Å². The summed E-state index contributed by atoms with van der Waals surface area (Å²) in [7, 11) is 0. The summed E-state index contributed by atoms with van der Waals surface area (Å²) in [6, 6.07) is 1.46. The molecule has 2 saturated heterocycles. The van der Waals surface area contributed by atoms with E-state index in [1.165, 1.54) is 64.5 Å². The van der Waals surface area contributed by atoms with E-state index in [-0.39, 0.29) is 0 Å².